The quantitative estimate of drug-likeness (QED) is 0.751. The standard InChI is InChI=1S/C24H30N2O5/c1-3-29-20(27)14-30-23(28)21-15(2)25-18-8-9-19-17(22(18)21)13-16-7-6-12-26-11-5-4-10-24(16,26)31-19/h8-9,16,25H,3-7,10-14H2,1-2H3. The lowest BCUT2D eigenvalue weighted by Crippen LogP contribution is -2.64. The van der Waals surface area contributed by atoms with Crippen LogP contribution in [0.5, 0.6) is 5.75 Å². The third-order valence-corrected chi connectivity index (χ3v) is 7.15. The first-order chi connectivity index (χ1) is 15.0. The lowest BCUT2D eigenvalue weighted by molar-refractivity contribution is -0.177. The van der Waals surface area contributed by atoms with Crippen LogP contribution < -0.4 is 4.74 Å². The number of hydrogen-bond donors (Lipinski definition) is 1. The Hall–Kier alpha value is -2.54. The van der Waals surface area contributed by atoms with Gasteiger partial charge in [-0.1, -0.05) is 0 Å². The van der Waals surface area contributed by atoms with Gasteiger partial charge in [0.2, 0.25) is 0 Å². The fourth-order valence-corrected chi connectivity index (χ4v) is 5.87. The second-order valence-corrected chi connectivity index (χ2v) is 8.91. The average molecular weight is 427 g/mol. The Bertz CT molecular complexity index is 1030. The number of piperidine rings is 2. The highest BCUT2D eigenvalue weighted by Gasteiger charge is 2.52. The molecule has 4 heterocycles. The third-order valence-electron chi connectivity index (χ3n) is 7.15. The molecular weight excluding hydrogens is 396 g/mol. The number of aromatic nitrogens is 1. The van der Waals surface area contributed by atoms with E-state index in [9.17, 15) is 9.59 Å². The number of rotatable bonds is 4. The van der Waals surface area contributed by atoms with Crippen LogP contribution in [0.1, 0.15) is 60.6 Å². The van der Waals surface area contributed by atoms with Crippen LogP contribution in [0.2, 0.25) is 0 Å². The molecule has 1 N–H and O–H groups in total. The van der Waals surface area contributed by atoms with Crippen molar-refractivity contribution in [3.8, 4) is 5.75 Å². The number of aryl methyl sites for hydroxylation is 1. The Morgan fingerprint density at radius 1 is 1.23 bits per heavy atom. The molecule has 1 aromatic heterocycles. The molecule has 0 radical (unpaired) electrons. The van der Waals surface area contributed by atoms with Crippen molar-refractivity contribution in [3.63, 3.8) is 0 Å². The normalized spacial score (nSPS) is 25.2. The van der Waals surface area contributed by atoms with E-state index >= 15 is 0 Å². The highest BCUT2D eigenvalue weighted by Crippen LogP contribution is 2.50. The molecule has 3 aliphatic rings. The first-order valence-electron chi connectivity index (χ1n) is 11.4. The lowest BCUT2D eigenvalue weighted by atomic mass is 9.74. The van der Waals surface area contributed by atoms with E-state index in [0.29, 0.717) is 11.5 Å². The molecule has 1 spiro atoms. The molecule has 31 heavy (non-hydrogen) atoms. The van der Waals surface area contributed by atoms with Gasteiger partial charge in [-0.05, 0) is 58.1 Å². The molecule has 0 aliphatic carbocycles. The van der Waals surface area contributed by atoms with E-state index in [2.05, 4.69) is 9.88 Å². The minimum Gasteiger partial charge on any atom is -0.472 e. The number of aromatic amines is 1. The maximum Gasteiger partial charge on any atom is 0.344 e. The Balaban J connectivity index is 1.52. The van der Waals surface area contributed by atoms with Gasteiger partial charge < -0.3 is 19.2 Å². The Labute approximate surface area is 182 Å². The predicted octanol–water partition coefficient (Wildman–Crippen LogP) is 3.72. The largest absolute Gasteiger partial charge is 0.472 e. The fraction of sp³-hybridized carbons (Fsp3) is 0.583. The smallest absolute Gasteiger partial charge is 0.344 e. The zero-order valence-corrected chi connectivity index (χ0v) is 18.3. The van der Waals surface area contributed by atoms with Gasteiger partial charge in [0.25, 0.3) is 0 Å². The van der Waals surface area contributed by atoms with Gasteiger partial charge in [0, 0.05) is 47.6 Å². The Morgan fingerprint density at radius 2 is 2.06 bits per heavy atom. The monoisotopic (exact) mass is 426 g/mol. The summed E-state index contributed by atoms with van der Waals surface area (Å²) in [6.45, 7) is 5.66. The fourth-order valence-electron chi connectivity index (χ4n) is 5.87. The summed E-state index contributed by atoms with van der Waals surface area (Å²) >= 11 is 0. The van der Waals surface area contributed by atoms with Crippen LogP contribution in [0.4, 0.5) is 0 Å². The van der Waals surface area contributed by atoms with Gasteiger partial charge in [0.15, 0.2) is 12.3 Å². The van der Waals surface area contributed by atoms with Gasteiger partial charge in [-0.2, -0.15) is 0 Å². The summed E-state index contributed by atoms with van der Waals surface area (Å²) in [4.78, 5) is 30.5. The van der Waals surface area contributed by atoms with Crippen LogP contribution in [0.25, 0.3) is 10.9 Å². The van der Waals surface area contributed by atoms with E-state index < -0.39 is 11.9 Å². The lowest BCUT2D eigenvalue weighted by Gasteiger charge is -2.56. The summed E-state index contributed by atoms with van der Waals surface area (Å²) in [6, 6.07) is 4.02. The zero-order valence-electron chi connectivity index (χ0n) is 18.3. The van der Waals surface area contributed by atoms with Crippen molar-refractivity contribution < 1.29 is 23.8 Å². The summed E-state index contributed by atoms with van der Waals surface area (Å²) in [6.07, 6.45) is 6.70. The number of hydrogen-bond acceptors (Lipinski definition) is 6. The molecule has 0 amide bonds. The second-order valence-electron chi connectivity index (χ2n) is 8.91. The molecule has 2 unspecified atom stereocenters. The molecule has 5 rings (SSSR count). The zero-order chi connectivity index (χ0) is 21.6. The van der Waals surface area contributed by atoms with Crippen molar-refractivity contribution in [1.29, 1.82) is 0 Å². The molecule has 3 aliphatic heterocycles. The molecule has 2 saturated heterocycles. The van der Waals surface area contributed by atoms with Gasteiger partial charge in [-0.15, -0.1) is 0 Å². The second kappa shape index (κ2) is 7.86. The molecule has 2 aromatic rings. The highest BCUT2D eigenvalue weighted by atomic mass is 16.6. The SMILES string of the molecule is CCOC(=O)COC(=O)c1c(C)[nH]c2ccc3c(c12)CC1CCCN2CCCCC12O3. The van der Waals surface area contributed by atoms with E-state index in [1.165, 1.54) is 19.3 Å². The molecule has 2 fully saturated rings. The summed E-state index contributed by atoms with van der Waals surface area (Å²) in [5.41, 5.74) is 3.00. The van der Waals surface area contributed by atoms with Gasteiger partial charge in [-0.25, -0.2) is 9.59 Å². The predicted molar refractivity (Wildman–Crippen MR) is 115 cm³/mol. The minimum atomic E-state index is -0.541. The van der Waals surface area contributed by atoms with Crippen LogP contribution in [0.3, 0.4) is 0 Å². The number of benzene rings is 1. The topological polar surface area (TPSA) is 80.9 Å². The summed E-state index contributed by atoms with van der Waals surface area (Å²) < 4.78 is 17.0. The van der Waals surface area contributed by atoms with Gasteiger partial charge in [0.1, 0.15) is 5.75 Å². The summed E-state index contributed by atoms with van der Waals surface area (Å²) in [5.74, 6) is 0.239. The summed E-state index contributed by atoms with van der Waals surface area (Å²) in [5, 5.41) is 0.867. The molecular formula is C24H30N2O5. The number of nitrogens with one attached hydrogen (secondary N) is 1. The minimum absolute atomic E-state index is 0.201. The molecule has 0 bridgehead atoms. The maximum absolute atomic E-state index is 12.9. The van der Waals surface area contributed by atoms with Crippen molar-refractivity contribution in [1.82, 2.24) is 9.88 Å². The van der Waals surface area contributed by atoms with Crippen molar-refractivity contribution >= 4 is 22.8 Å². The Morgan fingerprint density at radius 3 is 2.90 bits per heavy atom. The first kappa shape index (κ1) is 20.4. The molecule has 7 heteroatoms. The van der Waals surface area contributed by atoms with Gasteiger partial charge >= 0.3 is 11.9 Å². The van der Waals surface area contributed by atoms with Gasteiger partial charge in [-0.3, -0.25) is 4.90 Å². The maximum atomic E-state index is 12.9. The number of esters is 2. The first-order valence-corrected chi connectivity index (χ1v) is 11.4. The number of carbonyl (C=O) groups excluding carboxylic acids is 2. The highest BCUT2D eigenvalue weighted by molar-refractivity contribution is 6.08. The van der Waals surface area contributed by atoms with Crippen LogP contribution in [-0.4, -0.2) is 53.9 Å². The third kappa shape index (κ3) is 3.30. The number of carbonyl (C=O) groups is 2. The van der Waals surface area contributed by atoms with Crippen LogP contribution in [0, 0.1) is 12.8 Å². The number of fused-ring (bicyclic) bond motifs is 3. The number of H-pyrrole nitrogens is 1. The van der Waals surface area contributed by atoms with Crippen molar-refractivity contribution in [3.05, 3.63) is 29.0 Å². The Kier molecular flexibility index (Phi) is 5.16. The molecule has 166 valence electrons. The molecule has 2 atom stereocenters. The van der Waals surface area contributed by atoms with Crippen LogP contribution in [-0.2, 0) is 20.7 Å². The average Bonchev–Trinajstić information content (AvgIpc) is 3.11. The number of nitrogens with zero attached hydrogens (tertiary/aromatic N) is 1. The van der Waals surface area contributed by atoms with Gasteiger partial charge in [0.05, 0.1) is 12.2 Å². The van der Waals surface area contributed by atoms with E-state index in [-0.39, 0.29) is 18.9 Å². The van der Waals surface area contributed by atoms with Crippen LogP contribution >= 0.6 is 0 Å². The molecule has 0 saturated carbocycles. The van der Waals surface area contributed by atoms with E-state index in [0.717, 1.165) is 60.3 Å². The van der Waals surface area contributed by atoms with E-state index in [4.69, 9.17) is 14.2 Å². The van der Waals surface area contributed by atoms with Crippen molar-refractivity contribution in [2.75, 3.05) is 26.3 Å². The van der Waals surface area contributed by atoms with Crippen molar-refractivity contribution in [2.24, 2.45) is 5.92 Å². The van der Waals surface area contributed by atoms with Crippen LogP contribution in [0.15, 0.2) is 12.1 Å². The van der Waals surface area contributed by atoms with E-state index in [1.807, 2.05) is 19.1 Å². The van der Waals surface area contributed by atoms with Crippen molar-refractivity contribution in [2.45, 2.75) is 58.1 Å². The summed E-state index contributed by atoms with van der Waals surface area (Å²) in [7, 11) is 0. The number of ether oxygens (including phenoxy) is 3. The molecule has 7 nitrogen and oxygen atoms in total. The van der Waals surface area contributed by atoms with E-state index in [1.54, 1.807) is 6.92 Å². The molecule has 1 aromatic carbocycles.